The first kappa shape index (κ1) is 22.1. The van der Waals surface area contributed by atoms with Gasteiger partial charge < -0.3 is 24.1 Å². The van der Waals surface area contributed by atoms with Crippen LogP contribution < -0.4 is 9.47 Å². The van der Waals surface area contributed by atoms with E-state index in [9.17, 15) is 23.8 Å². The summed E-state index contributed by atoms with van der Waals surface area (Å²) in [6.45, 7) is 0.518. The molecular weight excluding hydrogens is 412 g/mol. The Morgan fingerprint density at radius 1 is 1.13 bits per heavy atom. The standard InChI is InChI=1S/C22H21F2NO6/c1-12(2)30-19-10-13(6-9-18(19)31-22(23)24)21-25-14(11-29-21)7-8-16(26)15-4-3-5-17(27)20(15)28/h3-6,9-12,22,27-28H,7-8H2,1-2H3. The minimum Gasteiger partial charge on any atom is -0.504 e. The third-order valence-corrected chi connectivity index (χ3v) is 4.24. The van der Waals surface area contributed by atoms with E-state index in [1.165, 1.54) is 42.7 Å². The molecule has 1 aromatic heterocycles. The van der Waals surface area contributed by atoms with Crippen LogP contribution in [0.5, 0.6) is 23.0 Å². The number of carbonyl (C=O) groups is 1. The highest BCUT2D eigenvalue weighted by Crippen LogP contribution is 2.34. The number of hydrogen-bond donors (Lipinski definition) is 2. The van der Waals surface area contributed by atoms with E-state index in [-0.39, 0.29) is 53.4 Å². The minimum atomic E-state index is -2.99. The summed E-state index contributed by atoms with van der Waals surface area (Å²) >= 11 is 0. The third kappa shape index (κ3) is 5.50. The van der Waals surface area contributed by atoms with Crippen molar-refractivity contribution < 1.29 is 37.7 Å². The third-order valence-electron chi connectivity index (χ3n) is 4.24. The van der Waals surface area contributed by atoms with E-state index in [4.69, 9.17) is 9.15 Å². The number of halogens is 2. The van der Waals surface area contributed by atoms with Crippen LogP contribution in [0.3, 0.4) is 0 Å². The zero-order valence-electron chi connectivity index (χ0n) is 16.8. The van der Waals surface area contributed by atoms with Gasteiger partial charge in [0.2, 0.25) is 5.89 Å². The molecule has 31 heavy (non-hydrogen) atoms. The molecule has 0 saturated heterocycles. The van der Waals surface area contributed by atoms with Crippen LogP contribution in [0.15, 0.2) is 47.1 Å². The van der Waals surface area contributed by atoms with Gasteiger partial charge in [0.1, 0.15) is 6.26 Å². The molecule has 0 amide bonds. The van der Waals surface area contributed by atoms with Gasteiger partial charge >= 0.3 is 6.61 Å². The van der Waals surface area contributed by atoms with Crippen molar-refractivity contribution in [2.75, 3.05) is 0 Å². The van der Waals surface area contributed by atoms with E-state index in [1.807, 2.05) is 0 Å². The van der Waals surface area contributed by atoms with Crippen LogP contribution in [0, 0.1) is 0 Å². The van der Waals surface area contributed by atoms with Crippen LogP contribution in [0.25, 0.3) is 11.5 Å². The number of rotatable bonds is 9. The molecule has 0 aliphatic rings. The smallest absolute Gasteiger partial charge is 0.387 e. The summed E-state index contributed by atoms with van der Waals surface area (Å²) < 4.78 is 40.7. The first-order valence-corrected chi connectivity index (χ1v) is 9.49. The van der Waals surface area contributed by atoms with E-state index in [0.717, 1.165) is 0 Å². The second-order valence-corrected chi connectivity index (χ2v) is 6.95. The van der Waals surface area contributed by atoms with Crippen molar-refractivity contribution in [2.45, 2.75) is 39.4 Å². The van der Waals surface area contributed by atoms with E-state index in [1.54, 1.807) is 13.8 Å². The van der Waals surface area contributed by atoms with Gasteiger partial charge in [-0.25, -0.2) is 4.98 Å². The van der Waals surface area contributed by atoms with Crippen LogP contribution in [-0.2, 0) is 6.42 Å². The Morgan fingerprint density at radius 2 is 1.90 bits per heavy atom. The Hall–Kier alpha value is -3.62. The normalized spacial score (nSPS) is 11.2. The number of oxazole rings is 1. The molecule has 1 heterocycles. The predicted octanol–water partition coefficient (Wildman–Crippen LogP) is 4.96. The summed E-state index contributed by atoms with van der Waals surface area (Å²) in [7, 11) is 0. The molecule has 3 rings (SSSR count). The van der Waals surface area contributed by atoms with E-state index >= 15 is 0 Å². The van der Waals surface area contributed by atoms with Gasteiger partial charge in [0.25, 0.3) is 0 Å². The minimum absolute atomic E-state index is 0.0220. The highest BCUT2D eigenvalue weighted by Gasteiger charge is 2.17. The Balaban J connectivity index is 1.74. The van der Waals surface area contributed by atoms with Gasteiger partial charge in [0, 0.05) is 18.4 Å². The number of para-hydroxylation sites is 1. The summed E-state index contributed by atoms with van der Waals surface area (Å²) in [6.07, 6.45) is 1.39. The van der Waals surface area contributed by atoms with Crippen LogP contribution in [-0.4, -0.2) is 33.7 Å². The first-order chi connectivity index (χ1) is 14.7. The van der Waals surface area contributed by atoms with Crippen molar-refractivity contribution in [3.8, 4) is 34.5 Å². The first-order valence-electron chi connectivity index (χ1n) is 9.49. The lowest BCUT2D eigenvalue weighted by Crippen LogP contribution is -2.09. The number of carbonyl (C=O) groups excluding carboxylic acids is 1. The van der Waals surface area contributed by atoms with Crippen molar-refractivity contribution in [3.63, 3.8) is 0 Å². The number of aromatic hydroxyl groups is 2. The average Bonchev–Trinajstić information content (AvgIpc) is 3.18. The SMILES string of the molecule is CC(C)Oc1cc(-c2nc(CCC(=O)c3cccc(O)c3O)co2)ccc1OC(F)F. The number of phenolic OH excluding ortho intramolecular Hbond substituents is 2. The summed E-state index contributed by atoms with van der Waals surface area (Å²) in [4.78, 5) is 16.6. The van der Waals surface area contributed by atoms with Crippen molar-refractivity contribution in [3.05, 3.63) is 53.9 Å². The Morgan fingerprint density at radius 3 is 2.61 bits per heavy atom. The summed E-state index contributed by atoms with van der Waals surface area (Å²) in [5.41, 5.74) is 0.997. The number of benzene rings is 2. The molecule has 0 unspecified atom stereocenters. The lowest BCUT2D eigenvalue weighted by Gasteiger charge is -2.15. The molecule has 9 heteroatoms. The lowest BCUT2D eigenvalue weighted by molar-refractivity contribution is -0.0518. The highest BCUT2D eigenvalue weighted by molar-refractivity contribution is 5.99. The maximum atomic E-state index is 12.6. The van der Waals surface area contributed by atoms with Crippen molar-refractivity contribution in [1.82, 2.24) is 4.98 Å². The largest absolute Gasteiger partial charge is 0.504 e. The van der Waals surface area contributed by atoms with Crippen molar-refractivity contribution >= 4 is 5.78 Å². The Kier molecular flexibility index (Phi) is 6.74. The van der Waals surface area contributed by atoms with E-state index in [2.05, 4.69) is 9.72 Å². The molecule has 0 fully saturated rings. The fourth-order valence-corrected chi connectivity index (χ4v) is 2.87. The Bertz CT molecular complexity index is 1060. The summed E-state index contributed by atoms with van der Waals surface area (Å²) in [5.74, 6) is -0.942. The fraction of sp³-hybridized carbons (Fsp3) is 0.273. The van der Waals surface area contributed by atoms with Crippen LogP contribution in [0.1, 0.15) is 36.3 Å². The van der Waals surface area contributed by atoms with Crippen LogP contribution in [0.2, 0.25) is 0 Å². The van der Waals surface area contributed by atoms with Gasteiger partial charge in [-0.05, 0) is 44.2 Å². The van der Waals surface area contributed by atoms with E-state index in [0.29, 0.717) is 11.3 Å². The molecule has 0 bridgehead atoms. The molecule has 0 aliphatic carbocycles. The van der Waals surface area contributed by atoms with Crippen LogP contribution >= 0.6 is 0 Å². The Labute approximate surface area is 176 Å². The molecule has 7 nitrogen and oxygen atoms in total. The maximum Gasteiger partial charge on any atom is 0.387 e. The van der Waals surface area contributed by atoms with Gasteiger partial charge in [0.05, 0.1) is 17.4 Å². The quantitative estimate of drug-likeness (QED) is 0.363. The monoisotopic (exact) mass is 433 g/mol. The van der Waals surface area contributed by atoms with Gasteiger partial charge in [-0.15, -0.1) is 0 Å². The molecule has 2 aromatic carbocycles. The topological polar surface area (TPSA) is 102 Å². The molecule has 0 aliphatic heterocycles. The van der Waals surface area contributed by atoms with Gasteiger partial charge in [0.15, 0.2) is 28.8 Å². The van der Waals surface area contributed by atoms with Gasteiger partial charge in [-0.1, -0.05) is 6.07 Å². The highest BCUT2D eigenvalue weighted by atomic mass is 19.3. The zero-order chi connectivity index (χ0) is 22.5. The second-order valence-electron chi connectivity index (χ2n) is 6.95. The molecule has 0 saturated carbocycles. The summed E-state index contributed by atoms with van der Waals surface area (Å²) in [5, 5.41) is 19.3. The number of ketones is 1. The number of ether oxygens (including phenoxy) is 2. The number of phenols is 2. The lowest BCUT2D eigenvalue weighted by atomic mass is 10.0. The fourth-order valence-electron chi connectivity index (χ4n) is 2.87. The molecule has 164 valence electrons. The molecule has 3 aromatic rings. The molecule has 0 atom stereocenters. The van der Waals surface area contributed by atoms with Gasteiger partial charge in [-0.3, -0.25) is 4.79 Å². The predicted molar refractivity (Wildman–Crippen MR) is 107 cm³/mol. The van der Waals surface area contributed by atoms with Crippen molar-refractivity contribution in [1.29, 1.82) is 0 Å². The number of Topliss-reactive ketones (excluding diaryl/α,β-unsaturated/α-hetero) is 1. The zero-order valence-corrected chi connectivity index (χ0v) is 16.8. The second kappa shape index (κ2) is 9.46. The number of alkyl halides is 2. The molecule has 0 radical (unpaired) electrons. The molecular formula is C22H21F2NO6. The van der Waals surface area contributed by atoms with Gasteiger partial charge in [-0.2, -0.15) is 8.78 Å². The molecule has 0 spiro atoms. The number of aromatic nitrogens is 1. The number of hydrogen-bond acceptors (Lipinski definition) is 7. The van der Waals surface area contributed by atoms with Crippen LogP contribution in [0.4, 0.5) is 8.78 Å². The molecule has 2 N–H and O–H groups in total. The number of nitrogens with zero attached hydrogens (tertiary/aromatic N) is 1. The average molecular weight is 433 g/mol. The maximum absolute atomic E-state index is 12.6. The van der Waals surface area contributed by atoms with Crippen molar-refractivity contribution in [2.24, 2.45) is 0 Å². The summed E-state index contributed by atoms with van der Waals surface area (Å²) in [6, 6.07) is 8.52. The number of aryl methyl sites for hydroxylation is 1. The van der Waals surface area contributed by atoms with E-state index < -0.39 is 12.4 Å².